The molecule has 2 aromatic rings. The molecule has 0 unspecified atom stereocenters. The van der Waals surface area contributed by atoms with Crippen LogP contribution in [0, 0.1) is 6.92 Å². The number of morpholine rings is 1. The summed E-state index contributed by atoms with van der Waals surface area (Å²) >= 11 is 6.11. The summed E-state index contributed by atoms with van der Waals surface area (Å²) in [7, 11) is -3.62. The summed E-state index contributed by atoms with van der Waals surface area (Å²) in [6.45, 7) is 4.93. The number of hydrogen-bond donors (Lipinski definition) is 2. The van der Waals surface area contributed by atoms with Gasteiger partial charge in [0.15, 0.2) is 16.7 Å². The van der Waals surface area contributed by atoms with E-state index in [1.54, 1.807) is 19.1 Å². The van der Waals surface area contributed by atoms with Gasteiger partial charge in [0.1, 0.15) is 0 Å². The van der Waals surface area contributed by atoms with Crippen LogP contribution in [0.15, 0.2) is 23.1 Å². The van der Waals surface area contributed by atoms with E-state index in [1.807, 2.05) is 6.92 Å². The van der Waals surface area contributed by atoms with Crippen LogP contribution in [0.5, 0.6) is 0 Å². The monoisotopic (exact) mass is 439 g/mol. The Morgan fingerprint density at radius 3 is 2.59 bits per heavy atom. The minimum atomic E-state index is -3.62. The summed E-state index contributed by atoms with van der Waals surface area (Å²) in [5, 5.41) is 3.13. The summed E-state index contributed by atoms with van der Waals surface area (Å²) in [5.74, 6) is -0.627. The SMILES string of the molecule is CCc1nc(C(N)=O)c(Nc2ccc(S(=O)(=O)N3CCOCC3)c(C)c2)nc1Cl. The number of nitrogens with two attached hydrogens (primary N) is 1. The van der Waals surface area contributed by atoms with Gasteiger partial charge in [-0.05, 0) is 37.1 Å². The number of nitrogens with zero attached hydrogens (tertiary/aromatic N) is 3. The normalized spacial score (nSPS) is 15.3. The maximum absolute atomic E-state index is 12.9. The molecule has 0 aliphatic carbocycles. The Morgan fingerprint density at radius 2 is 2.00 bits per heavy atom. The Hall–Kier alpha value is -2.27. The number of ether oxygens (including phenoxy) is 1. The molecule has 29 heavy (non-hydrogen) atoms. The first-order valence-corrected chi connectivity index (χ1v) is 10.9. The first kappa shape index (κ1) is 21.4. The van der Waals surface area contributed by atoms with Gasteiger partial charge < -0.3 is 15.8 Å². The molecule has 156 valence electrons. The number of halogens is 1. The van der Waals surface area contributed by atoms with Crippen molar-refractivity contribution >= 4 is 39.0 Å². The highest BCUT2D eigenvalue weighted by Gasteiger charge is 2.27. The molecule has 1 saturated heterocycles. The molecule has 3 N–H and O–H groups in total. The molecule has 2 heterocycles. The van der Waals surface area contributed by atoms with Crippen LogP contribution in [0.2, 0.25) is 5.15 Å². The van der Waals surface area contributed by atoms with Gasteiger partial charge in [0.05, 0.1) is 23.8 Å². The number of hydrogen-bond acceptors (Lipinski definition) is 7. The Labute approximate surface area is 174 Å². The van der Waals surface area contributed by atoms with E-state index in [0.29, 0.717) is 49.7 Å². The van der Waals surface area contributed by atoms with Gasteiger partial charge in [-0.15, -0.1) is 0 Å². The van der Waals surface area contributed by atoms with E-state index >= 15 is 0 Å². The van der Waals surface area contributed by atoms with Gasteiger partial charge in [-0.3, -0.25) is 4.79 Å². The van der Waals surface area contributed by atoms with Crippen LogP contribution in [0.4, 0.5) is 11.5 Å². The molecular weight excluding hydrogens is 418 g/mol. The number of anilines is 2. The Balaban J connectivity index is 1.92. The maximum atomic E-state index is 12.9. The van der Waals surface area contributed by atoms with Crippen LogP contribution < -0.4 is 11.1 Å². The Bertz CT molecular complexity index is 1040. The number of sulfonamides is 1. The van der Waals surface area contributed by atoms with E-state index in [1.165, 1.54) is 10.4 Å². The van der Waals surface area contributed by atoms with Gasteiger partial charge in [0, 0.05) is 18.8 Å². The van der Waals surface area contributed by atoms with Gasteiger partial charge in [-0.25, -0.2) is 18.4 Å². The standard InChI is InChI=1S/C18H22ClN5O4S/c1-3-13-16(19)23-18(15(22-13)17(20)25)21-12-4-5-14(11(2)10-12)29(26,27)24-6-8-28-9-7-24/h4-5,10H,3,6-9H2,1-2H3,(H2,20,25)(H,21,23). The molecule has 1 amide bonds. The molecule has 0 saturated carbocycles. The minimum Gasteiger partial charge on any atom is -0.379 e. The zero-order chi connectivity index (χ0) is 21.2. The highest BCUT2D eigenvalue weighted by Crippen LogP contribution is 2.27. The molecule has 1 fully saturated rings. The number of benzene rings is 1. The summed E-state index contributed by atoms with van der Waals surface area (Å²) in [6, 6.07) is 4.76. The van der Waals surface area contributed by atoms with E-state index in [-0.39, 0.29) is 21.6 Å². The first-order valence-electron chi connectivity index (χ1n) is 9.05. The summed E-state index contributed by atoms with van der Waals surface area (Å²) in [5.41, 5.74) is 6.93. The van der Waals surface area contributed by atoms with Crippen molar-refractivity contribution in [2.45, 2.75) is 25.2 Å². The van der Waals surface area contributed by atoms with Crippen molar-refractivity contribution in [1.82, 2.24) is 14.3 Å². The van der Waals surface area contributed by atoms with Crippen LogP contribution in [-0.4, -0.2) is 54.9 Å². The first-order chi connectivity index (χ1) is 13.7. The highest BCUT2D eigenvalue weighted by atomic mass is 35.5. The molecule has 0 radical (unpaired) electrons. The topological polar surface area (TPSA) is 128 Å². The van der Waals surface area contributed by atoms with Crippen LogP contribution in [0.3, 0.4) is 0 Å². The van der Waals surface area contributed by atoms with Crippen molar-refractivity contribution in [2.75, 3.05) is 31.6 Å². The van der Waals surface area contributed by atoms with Crippen molar-refractivity contribution in [3.63, 3.8) is 0 Å². The van der Waals surface area contributed by atoms with Gasteiger partial charge in [0.25, 0.3) is 5.91 Å². The van der Waals surface area contributed by atoms with E-state index in [2.05, 4.69) is 15.3 Å². The highest BCUT2D eigenvalue weighted by molar-refractivity contribution is 7.89. The fourth-order valence-electron chi connectivity index (χ4n) is 3.01. The summed E-state index contributed by atoms with van der Waals surface area (Å²) in [4.78, 5) is 20.3. The van der Waals surface area contributed by atoms with Crippen molar-refractivity contribution in [3.05, 3.63) is 40.3 Å². The molecular formula is C18H22ClN5O4S. The number of amides is 1. The lowest BCUT2D eigenvalue weighted by molar-refractivity contribution is 0.0730. The summed E-state index contributed by atoms with van der Waals surface area (Å²) in [6.07, 6.45) is 0.500. The molecule has 0 bridgehead atoms. The molecule has 1 aliphatic rings. The predicted molar refractivity (Wildman–Crippen MR) is 109 cm³/mol. The molecule has 1 aromatic carbocycles. The molecule has 0 spiro atoms. The molecule has 0 atom stereocenters. The number of primary amides is 1. The van der Waals surface area contributed by atoms with Crippen molar-refractivity contribution < 1.29 is 17.9 Å². The van der Waals surface area contributed by atoms with Gasteiger partial charge in [-0.2, -0.15) is 4.31 Å². The summed E-state index contributed by atoms with van der Waals surface area (Å²) < 4.78 is 32.4. The zero-order valence-corrected chi connectivity index (χ0v) is 17.7. The molecule has 9 nitrogen and oxygen atoms in total. The second-order valence-electron chi connectivity index (χ2n) is 6.50. The van der Waals surface area contributed by atoms with E-state index in [4.69, 9.17) is 22.1 Å². The van der Waals surface area contributed by atoms with Gasteiger partial charge in [-0.1, -0.05) is 18.5 Å². The van der Waals surface area contributed by atoms with E-state index in [0.717, 1.165) is 0 Å². The third-order valence-corrected chi connectivity index (χ3v) is 6.87. The zero-order valence-electron chi connectivity index (χ0n) is 16.1. The lowest BCUT2D eigenvalue weighted by Crippen LogP contribution is -2.40. The molecule has 11 heteroatoms. The van der Waals surface area contributed by atoms with E-state index < -0.39 is 15.9 Å². The van der Waals surface area contributed by atoms with Crippen molar-refractivity contribution in [3.8, 4) is 0 Å². The van der Waals surface area contributed by atoms with Crippen LogP contribution in [0.1, 0.15) is 28.7 Å². The third kappa shape index (κ3) is 4.50. The van der Waals surface area contributed by atoms with Crippen molar-refractivity contribution in [2.24, 2.45) is 5.73 Å². The second-order valence-corrected chi connectivity index (χ2v) is 8.76. The third-order valence-electron chi connectivity index (χ3n) is 4.51. The largest absolute Gasteiger partial charge is 0.379 e. The number of aryl methyl sites for hydroxylation is 2. The molecule has 1 aromatic heterocycles. The number of aromatic nitrogens is 2. The van der Waals surface area contributed by atoms with Gasteiger partial charge >= 0.3 is 0 Å². The minimum absolute atomic E-state index is 0.0334. The fraction of sp³-hybridized carbons (Fsp3) is 0.389. The maximum Gasteiger partial charge on any atom is 0.271 e. The number of rotatable bonds is 6. The Morgan fingerprint density at radius 1 is 1.31 bits per heavy atom. The van der Waals surface area contributed by atoms with Crippen LogP contribution in [0.25, 0.3) is 0 Å². The number of carbonyl (C=O) groups excluding carboxylic acids is 1. The van der Waals surface area contributed by atoms with Gasteiger partial charge in [0.2, 0.25) is 10.0 Å². The lowest BCUT2D eigenvalue weighted by atomic mass is 10.2. The predicted octanol–water partition coefficient (Wildman–Crippen LogP) is 1.86. The fourth-order valence-corrected chi connectivity index (χ4v) is 4.89. The molecule has 1 aliphatic heterocycles. The number of carbonyl (C=O) groups is 1. The van der Waals surface area contributed by atoms with Crippen molar-refractivity contribution in [1.29, 1.82) is 0 Å². The Kier molecular flexibility index (Phi) is 6.37. The quantitative estimate of drug-likeness (QED) is 0.703. The van der Waals surface area contributed by atoms with E-state index in [9.17, 15) is 13.2 Å². The smallest absolute Gasteiger partial charge is 0.271 e. The lowest BCUT2D eigenvalue weighted by Gasteiger charge is -2.26. The van der Waals surface area contributed by atoms with Crippen LogP contribution >= 0.6 is 11.6 Å². The van der Waals surface area contributed by atoms with Crippen LogP contribution in [-0.2, 0) is 21.2 Å². The second kappa shape index (κ2) is 8.62. The average molecular weight is 440 g/mol. The average Bonchev–Trinajstić information content (AvgIpc) is 2.68. The number of nitrogens with one attached hydrogen (secondary N) is 1. The molecule has 3 rings (SSSR count).